The maximum atomic E-state index is 10.5. The summed E-state index contributed by atoms with van der Waals surface area (Å²) < 4.78 is 11.5. The molecule has 1 aromatic rings. The van der Waals surface area contributed by atoms with Gasteiger partial charge in [0.2, 0.25) is 0 Å². The van der Waals surface area contributed by atoms with Crippen molar-refractivity contribution in [3.8, 4) is 11.5 Å². The summed E-state index contributed by atoms with van der Waals surface area (Å²) in [5, 5.41) is 10.5. The Bertz CT molecular complexity index is 696. The highest BCUT2D eigenvalue weighted by Gasteiger charge is 2.26. The van der Waals surface area contributed by atoms with E-state index in [1.807, 2.05) is 6.07 Å². The Balaban J connectivity index is 1.25. The SMILES string of the molecule is COc1ccc(CN2CCN(C3CCCC3)CC2)cc1OCC(O)CN1CCN(C)CC1. The molecule has 0 spiro atoms. The third-order valence-electron chi connectivity index (χ3n) is 7.38. The number of likely N-dealkylation sites (N-methyl/N-ethyl adjacent to an activating group) is 1. The Morgan fingerprint density at radius 3 is 2.31 bits per heavy atom. The van der Waals surface area contributed by atoms with Crippen LogP contribution in [0.4, 0.5) is 0 Å². The predicted molar refractivity (Wildman–Crippen MR) is 128 cm³/mol. The number of piperazine rings is 2. The normalized spacial score (nSPS) is 23.5. The van der Waals surface area contributed by atoms with E-state index in [0.717, 1.165) is 63.4 Å². The van der Waals surface area contributed by atoms with Gasteiger partial charge in [-0.2, -0.15) is 0 Å². The lowest BCUT2D eigenvalue weighted by Crippen LogP contribution is -2.49. The summed E-state index contributed by atoms with van der Waals surface area (Å²) in [6, 6.07) is 7.04. The summed E-state index contributed by atoms with van der Waals surface area (Å²) in [5.74, 6) is 1.46. The Morgan fingerprint density at radius 1 is 0.938 bits per heavy atom. The first-order valence-electron chi connectivity index (χ1n) is 12.5. The molecule has 1 atom stereocenters. The van der Waals surface area contributed by atoms with Gasteiger partial charge in [-0.15, -0.1) is 0 Å². The first-order valence-corrected chi connectivity index (χ1v) is 12.5. The monoisotopic (exact) mass is 446 g/mol. The number of hydrogen-bond acceptors (Lipinski definition) is 7. The minimum atomic E-state index is -0.504. The molecule has 0 amide bonds. The highest BCUT2D eigenvalue weighted by Crippen LogP contribution is 2.29. The number of ether oxygens (including phenoxy) is 2. The summed E-state index contributed by atoms with van der Waals surface area (Å²) in [6.45, 7) is 10.6. The highest BCUT2D eigenvalue weighted by molar-refractivity contribution is 5.43. The number of aliphatic hydroxyl groups is 1. The van der Waals surface area contributed by atoms with Crippen LogP contribution in [0.15, 0.2) is 18.2 Å². The van der Waals surface area contributed by atoms with Crippen LogP contribution in [0.1, 0.15) is 31.2 Å². The molecule has 1 N–H and O–H groups in total. The van der Waals surface area contributed by atoms with Crippen molar-refractivity contribution >= 4 is 0 Å². The molecule has 2 saturated heterocycles. The number of rotatable bonds is 9. The second-order valence-electron chi connectivity index (χ2n) is 9.80. The third kappa shape index (κ3) is 6.58. The van der Waals surface area contributed by atoms with Crippen LogP contribution < -0.4 is 9.47 Å². The lowest BCUT2D eigenvalue weighted by Gasteiger charge is -2.38. The van der Waals surface area contributed by atoms with Crippen LogP contribution in [0.3, 0.4) is 0 Å². The average molecular weight is 447 g/mol. The number of methoxy groups -OCH3 is 1. The van der Waals surface area contributed by atoms with Gasteiger partial charge in [0.15, 0.2) is 11.5 Å². The minimum absolute atomic E-state index is 0.284. The molecule has 1 saturated carbocycles. The van der Waals surface area contributed by atoms with E-state index in [1.54, 1.807) is 7.11 Å². The summed E-state index contributed by atoms with van der Waals surface area (Å²) in [6.07, 6.45) is 5.09. The van der Waals surface area contributed by atoms with Gasteiger partial charge in [0.1, 0.15) is 12.7 Å². The first-order chi connectivity index (χ1) is 15.6. The van der Waals surface area contributed by atoms with Crippen molar-refractivity contribution in [2.75, 3.05) is 79.7 Å². The van der Waals surface area contributed by atoms with Crippen LogP contribution in [-0.4, -0.2) is 117 Å². The van der Waals surface area contributed by atoms with Crippen molar-refractivity contribution in [3.63, 3.8) is 0 Å². The van der Waals surface area contributed by atoms with E-state index >= 15 is 0 Å². The van der Waals surface area contributed by atoms with Gasteiger partial charge in [0, 0.05) is 71.5 Å². The van der Waals surface area contributed by atoms with E-state index in [0.29, 0.717) is 6.54 Å². The van der Waals surface area contributed by atoms with Gasteiger partial charge in [0.25, 0.3) is 0 Å². The Hall–Kier alpha value is -1.38. The molecular weight excluding hydrogens is 404 g/mol. The number of aliphatic hydroxyl groups excluding tert-OH is 1. The lowest BCUT2D eigenvalue weighted by molar-refractivity contribution is 0.0497. The Labute approximate surface area is 193 Å². The van der Waals surface area contributed by atoms with Gasteiger partial charge in [-0.1, -0.05) is 18.9 Å². The molecule has 7 heteroatoms. The summed E-state index contributed by atoms with van der Waals surface area (Å²) >= 11 is 0. The predicted octanol–water partition coefficient (Wildman–Crippen LogP) is 1.74. The molecule has 7 nitrogen and oxygen atoms in total. The number of nitrogens with zero attached hydrogens (tertiary/aromatic N) is 4. The summed E-state index contributed by atoms with van der Waals surface area (Å²) in [5.41, 5.74) is 1.24. The van der Waals surface area contributed by atoms with E-state index in [-0.39, 0.29) is 6.61 Å². The van der Waals surface area contributed by atoms with E-state index in [2.05, 4.69) is 38.8 Å². The van der Waals surface area contributed by atoms with E-state index in [4.69, 9.17) is 9.47 Å². The van der Waals surface area contributed by atoms with Gasteiger partial charge in [-0.25, -0.2) is 0 Å². The molecule has 3 aliphatic rings. The maximum absolute atomic E-state index is 10.5. The molecule has 0 bridgehead atoms. The lowest BCUT2D eigenvalue weighted by atomic mass is 10.1. The third-order valence-corrected chi connectivity index (χ3v) is 7.38. The van der Waals surface area contributed by atoms with Gasteiger partial charge >= 0.3 is 0 Å². The Kier molecular flexibility index (Phi) is 8.66. The van der Waals surface area contributed by atoms with Crippen molar-refractivity contribution in [2.45, 2.75) is 44.4 Å². The van der Waals surface area contributed by atoms with Gasteiger partial charge in [-0.3, -0.25) is 14.7 Å². The zero-order valence-electron chi connectivity index (χ0n) is 20.0. The molecule has 4 rings (SSSR count). The molecule has 32 heavy (non-hydrogen) atoms. The average Bonchev–Trinajstić information content (AvgIpc) is 3.35. The van der Waals surface area contributed by atoms with Crippen LogP contribution in [0.5, 0.6) is 11.5 Å². The molecule has 3 fully saturated rings. The molecule has 2 heterocycles. The van der Waals surface area contributed by atoms with E-state index in [1.165, 1.54) is 44.3 Å². The van der Waals surface area contributed by atoms with Crippen molar-refractivity contribution in [1.82, 2.24) is 19.6 Å². The number of β-amino-alcohol motifs (C(OH)–C–C–N with tert-alkyl or cyclic N) is 1. The van der Waals surface area contributed by atoms with Crippen molar-refractivity contribution in [3.05, 3.63) is 23.8 Å². The smallest absolute Gasteiger partial charge is 0.161 e. The summed E-state index contributed by atoms with van der Waals surface area (Å²) in [4.78, 5) is 9.88. The number of benzene rings is 1. The molecule has 0 radical (unpaired) electrons. The fraction of sp³-hybridized carbons (Fsp3) is 0.760. The van der Waals surface area contributed by atoms with Crippen LogP contribution >= 0.6 is 0 Å². The molecule has 1 aromatic carbocycles. The zero-order valence-corrected chi connectivity index (χ0v) is 20.0. The van der Waals surface area contributed by atoms with Crippen molar-refractivity contribution < 1.29 is 14.6 Å². The minimum Gasteiger partial charge on any atom is -0.493 e. The van der Waals surface area contributed by atoms with Gasteiger partial charge < -0.3 is 19.5 Å². The van der Waals surface area contributed by atoms with Crippen molar-refractivity contribution in [2.24, 2.45) is 0 Å². The fourth-order valence-electron chi connectivity index (χ4n) is 5.31. The molecule has 1 unspecified atom stereocenters. The van der Waals surface area contributed by atoms with Gasteiger partial charge in [-0.05, 0) is 37.6 Å². The highest BCUT2D eigenvalue weighted by atomic mass is 16.5. The number of hydrogen-bond donors (Lipinski definition) is 1. The van der Waals surface area contributed by atoms with E-state index in [9.17, 15) is 5.11 Å². The largest absolute Gasteiger partial charge is 0.493 e. The van der Waals surface area contributed by atoms with Crippen molar-refractivity contribution in [1.29, 1.82) is 0 Å². The van der Waals surface area contributed by atoms with Gasteiger partial charge in [0.05, 0.1) is 7.11 Å². The van der Waals surface area contributed by atoms with Crippen LogP contribution in [0.25, 0.3) is 0 Å². The maximum Gasteiger partial charge on any atom is 0.161 e. The summed E-state index contributed by atoms with van der Waals surface area (Å²) in [7, 11) is 3.82. The zero-order chi connectivity index (χ0) is 22.3. The van der Waals surface area contributed by atoms with Crippen LogP contribution in [0, 0.1) is 0 Å². The second-order valence-corrected chi connectivity index (χ2v) is 9.80. The quantitative estimate of drug-likeness (QED) is 0.620. The first kappa shape index (κ1) is 23.8. The topological polar surface area (TPSA) is 51.7 Å². The molecule has 0 aromatic heterocycles. The molecule has 2 aliphatic heterocycles. The van der Waals surface area contributed by atoms with E-state index < -0.39 is 6.10 Å². The standard InChI is InChI=1S/C25H42N4O3/c1-26-9-11-28(12-10-26)19-23(30)20-32-25-17-21(7-8-24(25)31-2)18-27-13-15-29(16-14-27)22-5-3-4-6-22/h7-8,17,22-23,30H,3-6,9-16,18-20H2,1-2H3. The molecular formula is C25H42N4O3. The fourth-order valence-corrected chi connectivity index (χ4v) is 5.31. The van der Waals surface area contributed by atoms with Crippen LogP contribution in [-0.2, 0) is 6.54 Å². The second kappa shape index (κ2) is 11.7. The Morgan fingerprint density at radius 2 is 1.62 bits per heavy atom. The molecule has 1 aliphatic carbocycles. The molecule has 180 valence electrons. The van der Waals surface area contributed by atoms with Crippen LogP contribution in [0.2, 0.25) is 0 Å².